The van der Waals surface area contributed by atoms with Crippen LogP contribution in [0.1, 0.15) is 41.4 Å². The van der Waals surface area contributed by atoms with Crippen molar-refractivity contribution in [2.24, 2.45) is 0 Å². The van der Waals surface area contributed by atoms with E-state index in [0.29, 0.717) is 40.0 Å². The molecule has 9 heteroatoms. The molecule has 3 aromatic rings. The fraction of sp³-hybridized carbons (Fsp3) is 0.292. The van der Waals surface area contributed by atoms with Crippen LogP contribution in [0.3, 0.4) is 0 Å². The van der Waals surface area contributed by atoms with Crippen LogP contribution in [0.4, 0.5) is 10.5 Å². The van der Waals surface area contributed by atoms with Crippen LogP contribution in [-0.4, -0.2) is 34.2 Å². The molecule has 172 valence electrons. The molecule has 1 saturated heterocycles. The molecule has 0 spiro atoms. The normalized spacial score (nSPS) is 15.6. The number of ether oxygens (including phenoxy) is 1. The lowest BCUT2D eigenvalue weighted by Crippen LogP contribution is -2.25. The van der Waals surface area contributed by atoms with Crippen molar-refractivity contribution in [3.8, 4) is 11.4 Å². The van der Waals surface area contributed by atoms with E-state index in [9.17, 15) is 19.5 Å². The van der Waals surface area contributed by atoms with Crippen molar-refractivity contribution < 1.29 is 19.4 Å². The summed E-state index contributed by atoms with van der Waals surface area (Å²) >= 11 is 7.14. The number of anilines is 1. The number of carbonyl (C=O) groups is 2. The van der Waals surface area contributed by atoms with Gasteiger partial charge in [-0.25, -0.2) is 4.79 Å². The number of benzene rings is 1. The molecular weight excluding hydrogens is 464 g/mol. The SMILES string of the molecule is CCCc1cc(N2C[C@H](CCC(=O)c3ccc(Cl)s3)OC2=O)ccc1-n1cccc(O)c1=O. The summed E-state index contributed by atoms with van der Waals surface area (Å²) in [6.45, 7) is 2.37. The number of amides is 1. The Hall–Kier alpha value is -3.10. The van der Waals surface area contributed by atoms with Crippen molar-refractivity contribution in [2.45, 2.75) is 38.7 Å². The maximum absolute atomic E-state index is 12.5. The number of nitrogens with zero attached hydrogens (tertiary/aromatic N) is 2. The second kappa shape index (κ2) is 9.80. The van der Waals surface area contributed by atoms with Crippen LogP contribution in [0.25, 0.3) is 5.69 Å². The number of cyclic esters (lactones) is 1. The second-order valence-corrected chi connectivity index (χ2v) is 9.53. The summed E-state index contributed by atoms with van der Waals surface area (Å²) in [5.41, 5.74) is 1.70. The van der Waals surface area contributed by atoms with Gasteiger partial charge in [-0.15, -0.1) is 11.3 Å². The summed E-state index contributed by atoms with van der Waals surface area (Å²) in [6.07, 6.45) is 2.98. The van der Waals surface area contributed by atoms with E-state index in [1.807, 2.05) is 13.0 Å². The molecule has 1 amide bonds. The highest BCUT2D eigenvalue weighted by Gasteiger charge is 2.33. The molecule has 7 nitrogen and oxygen atoms in total. The standard InChI is InChI=1S/C24H23ClN2O5S/c1-2-4-15-13-16(6-8-18(15)26-12-3-5-20(29)23(26)30)27-14-17(32-24(27)31)7-9-19(28)21-10-11-22(25)33-21/h3,5-6,8,10-13,17,29H,2,4,7,9,14H2,1H3/t17-/m0/s1. The van der Waals surface area contributed by atoms with Crippen LogP contribution in [0.15, 0.2) is 53.5 Å². The number of thiophene rings is 1. The third kappa shape index (κ3) is 4.96. The number of carbonyl (C=O) groups excluding carboxylic acids is 2. The van der Waals surface area contributed by atoms with Crippen molar-refractivity contribution in [1.82, 2.24) is 4.57 Å². The number of hydrogen-bond donors (Lipinski definition) is 1. The monoisotopic (exact) mass is 486 g/mol. The lowest BCUT2D eigenvalue weighted by molar-refractivity contribution is 0.0943. The van der Waals surface area contributed by atoms with Gasteiger partial charge in [-0.1, -0.05) is 24.9 Å². The summed E-state index contributed by atoms with van der Waals surface area (Å²) in [4.78, 5) is 39.4. The molecule has 1 aliphatic rings. The first-order valence-corrected chi connectivity index (χ1v) is 11.9. The van der Waals surface area contributed by atoms with Crippen LogP contribution in [0.2, 0.25) is 4.34 Å². The Labute approximate surface area is 199 Å². The van der Waals surface area contributed by atoms with E-state index in [1.54, 1.807) is 41.4 Å². The first kappa shape index (κ1) is 23.1. The number of aromatic hydroxyl groups is 1. The molecule has 1 fully saturated rings. The Bertz CT molecular complexity index is 1250. The van der Waals surface area contributed by atoms with Gasteiger partial charge < -0.3 is 9.84 Å². The van der Waals surface area contributed by atoms with Gasteiger partial charge in [-0.05, 0) is 60.9 Å². The Balaban J connectivity index is 1.51. The number of aromatic nitrogens is 1. The Morgan fingerprint density at radius 3 is 2.79 bits per heavy atom. The van der Waals surface area contributed by atoms with E-state index < -0.39 is 11.7 Å². The van der Waals surface area contributed by atoms with Crippen molar-refractivity contribution in [3.63, 3.8) is 0 Å². The van der Waals surface area contributed by atoms with Crippen LogP contribution >= 0.6 is 22.9 Å². The van der Waals surface area contributed by atoms with Gasteiger partial charge in [0.1, 0.15) is 6.10 Å². The smallest absolute Gasteiger partial charge is 0.414 e. The largest absolute Gasteiger partial charge is 0.503 e. The van der Waals surface area contributed by atoms with E-state index >= 15 is 0 Å². The molecule has 0 radical (unpaired) electrons. The summed E-state index contributed by atoms with van der Waals surface area (Å²) in [6, 6.07) is 11.8. The average molecular weight is 487 g/mol. The third-order valence-electron chi connectivity index (χ3n) is 5.50. The predicted octanol–water partition coefficient (Wildman–Crippen LogP) is 5.20. The van der Waals surface area contributed by atoms with Gasteiger partial charge in [0.05, 0.1) is 21.4 Å². The van der Waals surface area contributed by atoms with E-state index in [1.165, 1.54) is 22.0 Å². The lowest BCUT2D eigenvalue weighted by atomic mass is 10.1. The number of Topliss-reactive ketones (excluding diaryl/α,β-unsaturated/α-hetero) is 1. The Morgan fingerprint density at radius 2 is 2.06 bits per heavy atom. The Morgan fingerprint density at radius 1 is 1.24 bits per heavy atom. The minimum atomic E-state index is -0.500. The molecule has 2 aromatic heterocycles. The van der Waals surface area contributed by atoms with Gasteiger partial charge in [0.2, 0.25) is 0 Å². The van der Waals surface area contributed by atoms with Crippen LogP contribution < -0.4 is 10.5 Å². The first-order valence-electron chi connectivity index (χ1n) is 10.7. The van der Waals surface area contributed by atoms with Gasteiger partial charge in [-0.3, -0.25) is 19.1 Å². The quantitative estimate of drug-likeness (QED) is 0.442. The molecule has 1 N–H and O–H groups in total. The van der Waals surface area contributed by atoms with Gasteiger partial charge >= 0.3 is 6.09 Å². The summed E-state index contributed by atoms with van der Waals surface area (Å²) < 4.78 is 7.46. The molecule has 1 aromatic carbocycles. The summed E-state index contributed by atoms with van der Waals surface area (Å²) in [7, 11) is 0. The molecule has 0 aliphatic carbocycles. The number of ketones is 1. The summed E-state index contributed by atoms with van der Waals surface area (Å²) in [5, 5.41) is 9.80. The zero-order valence-electron chi connectivity index (χ0n) is 18.0. The number of pyridine rings is 1. The van der Waals surface area contributed by atoms with Crippen LogP contribution in [0, 0.1) is 0 Å². The van der Waals surface area contributed by atoms with Crippen molar-refractivity contribution in [3.05, 3.63) is 73.8 Å². The van der Waals surface area contributed by atoms with Gasteiger partial charge in [0, 0.05) is 18.3 Å². The van der Waals surface area contributed by atoms with Gasteiger partial charge in [0.25, 0.3) is 5.56 Å². The predicted molar refractivity (Wildman–Crippen MR) is 128 cm³/mol. The topological polar surface area (TPSA) is 88.8 Å². The third-order valence-corrected chi connectivity index (χ3v) is 6.77. The number of aryl methyl sites for hydroxylation is 1. The number of rotatable bonds is 8. The van der Waals surface area contributed by atoms with Crippen LogP contribution in [-0.2, 0) is 11.2 Å². The number of hydrogen-bond acceptors (Lipinski definition) is 6. The zero-order chi connectivity index (χ0) is 23.5. The minimum Gasteiger partial charge on any atom is -0.503 e. The molecule has 33 heavy (non-hydrogen) atoms. The first-order chi connectivity index (χ1) is 15.9. The molecule has 0 bridgehead atoms. The maximum atomic E-state index is 12.5. The molecule has 1 aliphatic heterocycles. The fourth-order valence-corrected chi connectivity index (χ4v) is 4.89. The van der Waals surface area contributed by atoms with Crippen molar-refractivity contribution in [1.29, 1.82) is 0 Å². The van der Waals surface area contributed by atoms with E-state index in [-0.39, 0.29) is 24.1 Å². The maximum Gasteiger partial charge on any atom is 0.414 e. The highest BCUT2D eigenvalue weighted by molar-refractivity contribution is 7.18. The molecule has 0 saturated carbocycles. The van der Waals surface area contributed by atoms with E-state index in [0.717, 1.165) is 12.0 Å². The summed E-state index contributed by atoms with van der Waals surface area (Å²) in [5.74, 6) is -0.345. The van der Waals surface area contributed by atoms with Gasteiger partial charge in [0.15, 0.2) is 11.5 Å². The van der Waals surface area contributed by atoms with E-state index in [2.05, 4.69) is 0 Å². The second-order valence-electron chi connectivity index (χ2n) is 7.81. The highest BCUT2D eigenvalue weighted by atomic mass is 35.5. The fourth-order valence-electron chi connectivity index (χ4n) is 3.88. The molecule has 4 rings (SSSR count). The van der Waals surface area contributed by atoms with Crippen LogP contribution in [0.5, 0.6) is 5.75 Å². The number of halogens is 1. The molecule has 0 unspecified atom stereocenters. The molecule has 1 atom stereocenters. The zero-order valence-corrected chi connectivity index (χ0v) is 19.6. The Kier molecular flexibility index (Phi) is 6.85. The average Bonchev–Trinajstić information content (AvgIpc) is 3.40. The molecule has 3 heterocycles. The van der Waals surface area contributed by atoms with E-state index in [4.69, 9.17) is 16.3 Å². The van der Waals surface area contributed by atoms with Crippen molar-refractivity contribution in [2.75, 3.05) is 11.4 Å². The minimum absolute atomic E-state index is 0.0208. The lowest BCUT2D eigenvalue weighted by Gasteiger charge is -2.18. The van der Waals surface area contributed by atoms with Crippen molar-refractivity contribution >= 4 is 40.5 Å². The van der Waals surface area contributed by atoms with Gasteiger partial charge in [-0.2, -0.15) is 0 Å². The molecular formula is C24H23ClN2O5S. The highest BCUT2D eigenvalue weighted by Crippen LogP contribution is 2.29.